The lowest BCUT2D eigenvalue weighted by atomic mass is 9.93. The minimum absolute atomic E-state index is 1.05. The van der Waals surface area contributed by atoms with Crippen LogP contribution in [-0.4, -0.2) is 4.98 Å². The quantitative estimate of drug-likeness (QED) is 0.740. The van der Waals surface area contributed by atoms with Crippen LogP contribution in [0.5, 0.6) is 0 Å². The standard InChI is InChI=1S/C16H19N/c1-4-15(12(2)14-8-5-6-9-14)16-10-7-11-17-13(16)3/h5-8,10-11H,4,9H2,1-3H3/b15-12+. The maximum Gasteiger partial charge on any atom is 0.0447 e. The summed E-state index contributed by atoms with van der Waals surface area (Å²) >= 11 is 0. The summed E-state index contributed by atoms with van der Waals surface area (Å²) in [5.74, 6) is 0. The predicted octanol–water partition coefficient (Wildman–Crippen LogP) is 4.46. The SMILES string of the molecule is CC/C(=C(/C)C1=CC=CC1)c1cccnc1C. The van der Waals surface area contributed by atoms with Crippen molar-refractivity contribution in [1.29, 1.82) is 0 Å². The molecule has 0 bridgehead atoms. The third kappa shape index (κ3) is 2.38. The van der Waals surface area contributed by atoms with Crippen molar-refractivity contribution < 1.29 is 0 Å². The van der Waals surface area contributed by atoms with E-state index in [1.165, 1.54) is 22.3 Å². The normalized spacial score (nSPS) is 15.8. The van der Waals surface area contributed by atoms with Gasteiger partial charge in [0.1, 0.15) is 0 Å². The third-order valence-electron chi connectivity index (χ3n) is 3.39. The second-order valence-electron chi connectivity index (χ2n) is 4.42. The lowest BCUT2D eigenvalue weighted by Gasteiger charge is -2.13. The average Bonchev–Trinajstić information content (AvgIpc) is 2.86. The molecular weight excluding hydrogens is 206 g/mol. The lowest BCUT2D eigenvalue weighted by Crippen LogP contribution is -1.95. The minimum atomic E-state index is 1.05. The summed E-state index contributed by atoms with van der Waals surface area (Å²) in [5, 5.41) is 0. The van der Waals surface area contributed by atoms with Crippen LogP contribution in [-0.2, 0) is 0 Å². The first-order valence-corrected chi connectivity index (χ1v) is 6.21. The Morgan fingerprint density at radius 3 is 2.82 bits per heavy atom. The van der Waals surface area contributed by atoms with Gasteiger partial charge < -0.3 is 0 Å². The van der Waals surface area contributed by atoms with Gasteiger partial charge >= 0.3 is 0 Å². The fourth-order valence-electron chi connectivity index (χ4n) is 2.38. The second-order valence-corrected chi connectivity index (χ2v) is 4.42. The Labute approximate surface area is 104 Å². The van der Waals surface area contributed by atoms with Gasteiger partial charge in [0.15, 0.2) is 0 Å². The summed E-state index contributed by atoms with van der Waals surface area (Å²) in [5.41, 5.74) is 6.68. The Morgan fingerprint density at radius 2 is 2.24 bits per heavy atom. The van der Waals surface area contributed by atoms with Crippen LogP contribution in [0.25, 0.3) is 5.57 Å². The van der Waals surface area contributed by atoms with Gasteiger partial charge in [-0.1, -0.05) is 31.2 Å². The lowest BCUT2D eigenvalue weighted by molar-refractivity contribution is 1.12. The number of nitrogens with zero attached hydrogens (tertiary/aromatic N) is 1. The maximum atomic E-state index is 4.39. The molecule has 1 nitrogen and oxygen atoms in total. The fourth-order valence-corrected chi connectivity index (χ4v) is 2.38. The predicted molar refractivity (Wildman–Crippen MR) is 73.7 cm³/mol. The molecular formula is C16H19N. The molecule has 0 amide bonds. The highest BCUT2D eigenvalue weighted by atomic mass is 14.7. The van der Waals surface area contributed by atoms with Crippen molar-refractivity contribution in [2.45, 2.75) is 33.6 Å². The molecule has 0 aromatic carbocycles. The topological polar surface area (TPSA) is 12.9 Å². The van der Waals surface area contributed by atoms with Crippen molar-refractivity contribution in [2.24, 2.45) is 0 Å². The van der Waals surface area contributed by atoms with E-state index in [0.29, 0.717) is 0 Å². The van der Waals surface area contributed by atoms with Crippen molar-refractivity contribution >= 4 is 5.57 Å². The summed E-state index contributed by atoms with van der Waals surface area (Å²) in [6.07, 6.45) is 10.5. The molecule has 17 heavy (non-hydrogen) atoms. The molecule has 1 aliphatic rings. The van der Waals surface area contributed by atoms with E-state index in [2.05, 4.69) is 50.0 Å². The highest BCUT2D eigenvalue weighted by molar-refractivity contribution is 5.73. The molecule has 0 N–H and O–H groups in total. The van der Waals surface area contributed by atoms with Crippen molar-refractivity contribution in [1.82, 2.24) is 4.98 Å². The zero-order chi connectivity index (χ0) is 12.3. The molecule has 88 valence electrons. The van der Waals surface area contributed by atoms with Crippen LogP contribution in [0, 0.1) is 6.92 Å². The highest BCUT2D eigenvalue weighted by Crippen LogP contribution is 2.30. The first-order chi connectivity index (χ1) is 8.24. The van der Waals surface area contributed by atoms with Gasteiger partial charge in [0.05, 0.1) is 0 Å². The molecule has 1 heteroatoms. The second kappa shape index (κ2) is 5.13. The van der Waals surface area contributed by atoms with Crippen molar-refractivity contribution in [2.75, 3.05) is 0 Å². The van der Waals surface area contributed by atoms with Crippen LogP contribution in [0.4, 0.5) is 0 Å². The minimum Gasteiger partial charge on any atom is -0.261 e. The molecule has 0 fully saturated rings. The summed E-state index contributed by atoms with van der Waals surface area (Å²) in [4.78, 5) is 4.39. The van der Waals surface area contributed by atoms with Crippen LogP contribution < -0.4 is 0 Å². The number of rotatable bonds is 3. The molecule has 0 unspecified atom stereocenters. The van der Waals surface area contributed by atoms with Crippen molar-refractivity contribution in [3.05, 3.63) is 59.0 Å². The number of aromatic nitrogens is 1. The zero-order valence-corrected chi connectivity index (χ0v) is 10.8. The number of hydrogen-bond acceptors (Lipinski definition) is 1. The van der Waals surface area contributed by atoms with Gasteiger partial charge in [-0.25, -0.2) is 0 Å². The fraction of sp³-hybridized carbons (Fsp3) is 0.312. The van der Waals surface area contributed by atoms with Crippen LogP contribution >= 0.6 is 0 Å². The summed E-state index contributed by atoms with van der Waals surface area (Å²) in [6, 6.07) is 4.19. The molecule has 0 radical (unpaired) electrons. The number of allylic oxidation sites excluding steroid dienone is 6. The van der Waals surface area contributed by atoms with E-state index in [1.807, 2.05) is 12.3 Å². The van der Waals surface area contributed by atoms with Gasteiger partial charge in [0, 0.05) is 11.9 Å². The Morgan fingerprint density at radius 1 is 1.41 bits per heavy atom. The first kappa shape index (κ1) is 11.8. The zero-order valence-electron chi connectivity index (χ0n) is 10.8. The summed E-state index contributed by atoms with van der Waals surface area (Å²) in [6.45, 7) is 6.53. The van der Waals surface area contributed by atoms with Crippen molar-refractivity contribution in [3.8, 4) is 0 Å². The molecule has 1 aromatic heterocycles. The summed E-state index contributed by atoms with van der Waals surface area (Å²) < 4.78 is 0. The van der Waals surface area contributed by atoms with Gasteiger partial charge in [-0.3, -0.25) is 4.98 Å². The Bertz CT molecular complexity index is 504. The van der Waals surface area contributed by atoms with Crippen molar-refractivity contribution in [3.63, 3.8) is 0 Å². The van der Waals surface area contributed by atoms with Gasteiger partial charge in [0.25, 0.3) is 0 Å². The van der Waals surface area contributed by atoms with Gasteiger partial charge in [0.2, 0.25) is 0 Å². The molecule has 0 atom stereocenters. The van der Waals surface area contributed by atoms with E-state index >= 15 is 0 Å². The molecule has 0 saturated heterocycles. The van der Waals surface area contributed by atoms with Gasteiger partial charge in [-0.05, 0) is 55.0 Å². The molecule has 1 aromatic rings. The molecule has 0 spiro atoms. The van der Waals surface area contributed by atoms with Crippen LogP contribution in [0.3, 0.4) is 0 Å². The molecule has 2 rings (SSSR count). The number of hydrogen-bond donors (Lipinski definition) is 0. The summed E-state index contributed by atoms with van der Waals surface area (Å²) in [7, 11) is 0. The molecule has 1 aliphatic carbocycles. The van der Waals surface area contributed by atoms with E-state index in [0.717, 1.165) is 18.5 Å². The van der Waals surface area contributed by atoms with Crippen LogP contribution in [0.1, 0.15) is 37.9 Å². The Hall–Kier alpha value is -1.63. The smallest absolute Gasteiger partial charge is 0.0447 e. The van der Waals surface area contributed by atoms with E-state index in [1.54, 1.807) is 0 Å². The van der Waals surface area contributed by atoms with E-state index in [9.17, 15) is 0 Å². The van der Waals surface area contributed by atoms with Gasteiger partial charge in [-0.2, -0.15) is 0 Å². The Balaban J connectivity index is 2.46. The van der Waals surface area contributed by atoms with E-state index in [4.69, 9.17) is 0 Å². The molecule has 0 aliphatic heterocycles. The average molecular weight is 225 g/mol. The Kier molecular flexibility index (Phi) is 3.58. The maximum absolute atomic E-state index is 4.39. The van der Waals surface area contributed by atoms with E-state index in [-0.39, 0.29) is 0 Å². The number of aryl methyl sites for hydroxylation is 1. The monoisotopic (exact) mass is 225 g/mol. The largest absolute Gasteiger partial charge is 0.261 e. The van der Waals surface area contributed by atoms with Crippen LogP contribution in [0.2, 0.25) is 0 Å². The molecule has 1 heterocycles. The highest BCUT2D eigenvalue weighted by Gasteiger charge is 2.11. The number of pyridine rings is 1. The third-order valence-corrected chi connectivity index (χ3v) is 3.39. The van der Waals surface area contributed by atoms with Crippen LogP contribution in [0.15, 0.2) is 47.7 Å². The first-order valence-electron chi connectivity index (χ1n) is 6.21. The molecule has 0 saturated carbocycles. The van der Waals surface area contributed by atoms with Gasteiger partial charge in [-0.15, -0.1) is 0 Å². The van der Waals surface area contributed by atoms with E-state index < -0.39 is 0 Å².